The molecule has 1 rings (SSSR count). The fourth-order valence-electron chi connectivity index (χ4n) is 1.49. The Labute approximate surface area is 101 Å². The highest BCUT2D eigenvalue weighted by Gasteiger charge is 2.15. The lowest BCUT2D eigenvalue weighted by molar-refractivity contribution is 0.497. The molecule has 0 N–H and O–H groups in total. The summed E-state index contributed by atoms with van der Waals surface area (Å²) < 4.78 is 4.25. The molecule has 1 aliphatic rings. The van der Waals surface area contributed by atoms with E-state index in [0.717, 1.165) is 5.92 Å². The van der Waals surface area contributed by atoms with Gasteiger partial charge in [0.05, 0.1) is 0 Å². The summed E-state index contributed by atoms with van der Waals surface area (Å²) in [7, 11) is 0. The number of rotatable bonds is 2. The Balaban J connectivity index is 2.64. The van der Waals surface area contributed by atoms with Crippen molar-refractivity contribution in [2.45, 2.75) is 12.8 Å². The lowest BCUT2D eigenvalue weighted by Crippen LogP contribution is -2.10. The molecule has 0 bridgehead atoms. The maximum Gasteiger partial charge on any atom is 0.00173 e. The van der Waals surface area contributed by atoms with Crippen LogP contribution in [-0.2, 0) is 0 Å². The summed E-state index contributed by atoms with van der Waals surface area (Å²) in [5.74, 6) is 1.35. The van der Waals surface area contributed by atoms with E-state index in [4.69, 9.17) is 0 Å². The van der Waals surface area contributed by atoms with Crippen molar-refractivity contribution in [3.63, 3.8) is 0 Å². The van der Waals surface area contributed by atoms with Crippen molar-refractivity contribution in [3.8, 4) is 0 Å². The van der Waals surface area contributed by atoms with Gasteiger partial charge in [-0.2, -0.15) is 0 Å². The Morgan fingerprint density at radius 1 is 1.17 bits per heavy atom. The summed E-state index contributed by atoms with van der Waals surface area (Å²) in [4.78, 5) is 0. The minimum Gasteiger partial charge on any atom is -0.0879 e. The second kappa shape index (κ2) is 6.18. The number of hydrogen-bond acceptors (Lipinski definition) is 0. The zero-order valence-electron chi connectivity index (χ0n) is 6.79. The molecule has 0 heterocycles. The highest BCUT2D eigenvalue weighted by atomic mass is 127. The van der Waals surface area contributed by atoms with Crippen LogP contribution in [0.4, 0.5) is 0 Å². The molecule has 0 aromatic carbocycles. The van der Waals surface area contributed by atoms with Crippen LogP contribution >= 0.6 is 45.2 Å². The zero-order chi connectivity index (χ0) is 8.81. The fraction of sp³-hybridized carbons (Fsp3) is 0.400. The van der Waals surface area contributed by atoms with Gasteiger partial charge in [-0.3, -0.25) is 0 Å². The van der Waals surface area contributed by atoms with E-state index in [0.29, 0.717) is 5.92 Å². The molecule has 0 saturated carbocycles. The molecule has 0 saturated heterocycles. The Kier molecular flexibility index (Phi) is 5.54. The molecular formula is C10H12I2. The third kappa shape index (κ3) is 3.20. The van der Waals surface area contributed by atoms with Crippen molar-refractivity contribution in [1.29, 1.82) is 0 Å². The minimum atomic E-state index is 0.627. The van der Waals surface area contributed by atoms with Gasteiger partial charge in [-0.05, 0) is 26.9 Å². The molecule has 0 aliphatic heterocycles. The summed E-state index contributed by atoms with van der Waals surface area (Å²) in [5, 5.41) is 0. The van der Waals surface area contributed by atoms with E-state index in [1.54, 1.807) is 0 Å². The lowest BCUT2D eigenvalue weighted by Gasteiger charge is -2.21. The lowest BCUT2D eigenvalue weighted by atomic mass is 9.84. The standard InChI is InChI=1S/C10H12I2/c11-7-5-9-3-1-2-4-10(9)6-8-12/h1,3,5-10H,2,4H2/t9-,10-/m0/s1. The van der Waals surface area contributed by atoms with Crippen molar-refractivity contribution in [2.24, 2.45) is 11.8 Å². The van der Waals surface area contributed by atoms with Crippen LogP contribution in [0.2, 0.25) is 0 Å². The first kappa shape index (κ1) is 10.8. The Morgan fingerprint density at radius 3 is 2.58 bits per heavy atom. The van der Waals surface area contributed by atoms with Crippen molar-refractivity contribution < 1.29 is 0 Å². The monoisotopic (exact) mass is 386 g/mol. The van der Waals surface area contributed by atoms with Crippen LogP contribution < -0.4 is 0 Å². The first-order valence-corrected chi connectivity index (χ1v) is 6.58. The molecule has 0 fully saturated rings. The first-order valence-electron chi connectivity index (χ1n) is 4.09. The van der Waals surface area contributed by atoms with Gasteiger partial charge in [0.15, 0.2) is 0 Å². The highest BCUT2D eigenvalue weighted by molar-refractivity contribution is 14.1. The van der Waals surface area contributed by atoms with E-state index in [-0.39, 0.29) is 0 Å². The fourth-order valence-corrected chi connectivity index (χ4v) is 2.50. The van der Waals surface area contributed by atoms with E-state index < -0.39 is 0 Å². The van der Waals surface area contributed by atoms with Crippen LogP contribution in [0.25, 0.3) is 0 Å². The zero-order valence-corrected chi connectivity index (χ0v) is 11.1. The smallest absolute Gasteiger partial charge is 0.00173 e. The predicted octanol–water partition coefficient (Wildman–Crippen LogP) is 4.47. The van der Waals surface area contributed by atoms with E-state index in [9.17, 15) is 0 Å². The third-order valence-electron chi connectivity index (χ3n) is 2.13. The second-order valence-electron chi connectivity index (χ2n) is 2.88. The first-order chi connectivity index (χ1) is 5.88. The van der Waals surface area contributed by atoms with E-state index >= 15 is 0 Å². The van der Waals surface area contributed by atoms with Gasteiger partial charge in [0, 0.05) is 5.92 Å². The third-order valence-corrected chi connectivity index (χ3v) is 2.96. The van der Waals surface area contributed by atoms with Gasteiger partial charge in [0.25, 0.3) is 0 Å². The molecule has 0 unspecified atom stereocenters. The molecule has 0 spiro atoms. The van der Waals surface area contributed by atoms with Gasteiger partial charge in [0.1, 0.15) is 0 Å². The Bertz CT molecular complexity index is 204. The topological polar surface area (TPSA) is 0 Å². The van der Waals surface area contributed by atoms with E-state index in [1.807, 2.05) is 0 Å². The quantitative estimate of drug-likeness (QED) is 0.486. The summed E-state index contributed by atoms with van der Waals surface area (Å²) in [6.07, 6.45) is 11.7. The molecule has 0 amide bonds. The summed E-state index contributed by atoms with van der Waals surface area (Å²) in [6, 6.07) is 0. The van der Waals surface area contributed by atoms with Crippen LogP contribution in [0.3, 0.4) is 0 Å². The van der Waals surface area contributed by atoms with Gasteiger partial charge in [-0.1, -0.05) is 69.5 Å². The molecule has 0 radical (unpaired) electrons. The minimum absolute atomic E-state index is 0.627. The molecule has 0 nitrogen and oxygen atoms in total. The van der Waals surface area contributed by atoms with Crippen LogP contribution in [0.1, 0.15) is 12.8 Å². The summed E-state index contributed by atoms with van der Waals surface area (Å²) >= 11 is 4.59. The van der Waals surface area contributed by atoms with Crippen LogP contribution in [-0.4, -0.2) is 0 Å². The van der Waals surface area contributed by atoms with Gasteiger partial charge in [-0.25, -0.2) is 0 Å². The number of allylic oxidation sites excluding steroid dienone is 4. The molecule has 66 valence electrons. The molecule has 0 aromatic rings. The molecule has 2 heteroatoms. The van der Waals surface area contributed by atoms with Gasteiger partial charge >= 0.3 is 0 Å². The van der Waals surface area contributed by atoms with E-state index in [1.165, 1.54) is 12.8 Å². The average molecular weight is 386 g/mol. The molecule has 0 aromatic heterocycles. The van der Waals surface area contributed by atoms with Crippen LogP contribution in [0.5, 0.6) is 0 Å². The van der Waals surface area contributed by atoms with Crippen LogP contribution in [0.15, 0.2) is 32.5 Å². The summed E-state index contributed by atoms with van der Waals surface area (Å²) in [5.41, 5.74) is 0. The predicted molar refractivity (Wildman–Crippen MR) is 71.7 cm³/mol. The van der Waals surface area contributed by atoms with Crippen molar-refractivity contribution >= 4 is 45.2 Å². The van der Waals surface area contributed by atoms with Crippen molar-refractivity contribution in [3.05, 3.63) is 32.5 Å². The second-order valence-corrected chi connectivity index (χ2v) is 4.32. The molecule has 2 atom stereocenters. The Morgan fingerprint density at radius 2 is 1.92 bits per heavy atom. The van der Waals surface area contributed by atoms with Crippen molar-refractivity contribution in [2.75, 3.05) is 0 Å². The van der Waals surface area contributed by atoms with Gasteiger partial charge in [0.2, 0.25) is 0 Å². The van der Waals surface area contributed by atoms with E-state index in [2.05, 4.69) is 77.7 Å². The average Bonchev–Trinajstić information content (AvgIpc) is 2.09. The molecule has 1 aliphatic carbocycles. The Hall–Kier alpha value is 0.680. The van der Waals surface area contributed by atoms with Crippen molar-refractivity contribution in [1.82, 2.24) is 0 Å². The van der Waals surface area contributed by atoms with Gasteiger partial charge in [-0.15, -0.1) is 0 Å². The van der Waals surface area contributed by atoms with Gasteiger partial charge < -0.3 is 0 Å². The molecular weight excluding hydrogens is 374 g/mol. The molecule has 12 heavy (non-hydrogen) atoms. The number of hydrogen-bond donors (Lipinski definition) is 0. The number of halogens is 2. The normalized spacial score (nSPS) is 30.5. The summed E-state index contributed by atoms with van der Waals surface area (Å²) in [6.45, 7) is 0. The SMILES string of the molecule is IC=C[C@@H]1C=CCC[C@H]1C=CI. The maximum atomic E-state index is 2.32. The maximum absolute atomic E-state index is 2.32. The van der Waals surface area contributed by atoms with Crippen LogP contribution in [0, 0.1) is 11.8 Å². The largest absolute Gasteiger partial charge is 0.0879 e. The highest BCUT2D eigenvalue weighted by Crippen LogP contribution is 2.27.